The van der Waals surface area contributed by atoms with Crippen molar-refractivity contribution in [2.24, 2.45) is 38.1 Å². The van der Waals surface area contributed by atoms with E-state index in [2.05, 4.69) is 21.9 Å². The number of hydrogen-bond donors (Lipinski definition) is 2. The first-order valence-corrected chi connectivity index (χ1v) is 20.7. The quantitative estimate of drug-likeness (QED) is 0.0936. The summed E-state index contributed by atoms with van der Waals surface area (Å²) in [5.41, 5.74) is 1.63. The molecular formula is C38H44ClF6N9O5S. The fourth-order valence-corrected chi connectivity index (χ4v) is 9.37. The number of amidine groups is 1. The maximum atomic E-state index is 16.4. The number of allylic oxidation sites excluding steroid dienone is 3. The minimum Gasteiger partial charge on any atom is -0.447 e. The van der Waals surface area contributed by atoms with Crippen molar-refractivity contribution in [2.45, 2.75) is 94.8 Å². The Morgan fingerprint density at radius 3 is 2.42 bits per heavy atom. The maximum Gasteiger partial charge on any atom is 0.411 e. The smallest absolute Gasteiger partial charge is 0.411 e. The first kappa shape index (κ1) is 44.6. The topological polar surface area (TPSA) is 177 Å². The van der Waals surface area contributed by atoms with E-state index in [1.807, 2.05) is 26.1 Å². The highest BCUT2D eigenvalue weighted by atomic mass is 35.5. The molecule has 0 bridgehead atoms. The normalized spacial score (nSPS) is 23.8. The van der Waals surface area contributed by atoms with E-state index in [4.69, 9.17) is 27.1 Å². The van der Waals surface area contributed by atoms with Crippen LogP contribution in [0.4, 0.5) is 36.8 Å². The van der Waals surface area contributed by atoms with E-state index in [9.17, 15) is 35.2 Å². The van der Waals surface area contributed by atoms with Crippen LogP contribution in [0.25, 0.3) is 5.57 Å². The summed E-state index contributed by atoms with van der Waals surface area (Å²) in [5, 5.41) is 9.44. The summed E-state index contributed by atoms with van der Waals surface area (Å²) >= 11 is 6.45. The molecule has 2 unspecified atom stereocenters. The van der Waals surface area contributed by atoms with Crippen molar-refractivity contribution in [3.05, 3.63) is 64.7 Å². The number of alkyl carbamates (subject to hydrolysis) is 1. The van der Waals surface area contributed by atoms with Crippen LogP contribution in [-0.2, 0) is 19.6 Å². The molecular weight excluding hydrogens is 844 g/mol. The highest BCUT2D eigenvalue weighted by Gasteiger charge is 2.65. The first-order chi connectivity index (χ1) is 27.9. The van der Waals surface area contributed by atoms with Crippen LogP contribution >= 0.6 is 11.6 Å². The van der Waals surface area contributed by atoms with E-state index in [0.29, 0.717) is 17.9 Å². The lowest BCUT2D eigenvalue weighted by molar-refractivity contribution is -0.164. The molecule has 2 amide bonds. The fourth-order valence-electron chi connectivity index (χ4n) is 7.70. The number of aromatic nitrogens is 2. The van der Waals surface area contributed by atoms with Crippen molar-refractivity contribution in [1.82, 2.24) is 19.4 Å². The van der Waals surface area contributed by atoms with E-state index in [0.717, 1.165) is 16.0 Å². The lowest BCUT2D eigenvalue weighted by Crippen LogP contribution is -2.53. The molecule has 2 heterocycles. The number of nitrogens with zero attached hydrogens (tertiary/aromatic N) is 7. The van der Waals surface area contributed by atoms with E-state index < -0.39 is 98.5 Å². The Hall–Kier alpha value is -4.92. The summed E-state index contributed by atoms with van der Waals surface area (Å²) in [4.78, 5) is 37.5. The van der Waals surface area contributed by atoms with Gasteiger partial charge in [-0.15, -0.1) is 0 Å². The summed E-state index contributed by atoms with van der Waals surface area (Å²) in [5.74, 6) is -4.55. The Labute approximate surface area is 347 Å². The van der Waals surface area contributed by atoms with Crippen molar-refractivity contribution in [3.8, 4) is 0 Å². The summed E-state index contributed by atoms with van der Waals surface area (Å²) < 4.78 is 118. The molecule has 2 aromatic rings. The van der Waals surface area contributed by atoms with E-state index in [1.165, 1.54) is 42.7 Å². The number of nitrogens with two attached hydrogens (primary N) is 1. The van der Waals surface area contributed by atoms with Gasteiger partial charge in [0.05, 0.1) is 34.4 Å². The van der Waals surface area contributed by atoms with E-state index in [1.54, 1.807) is 6.92 Å². The van der Waals surface area contributed by atoms with Gasteiger partial charge in [-0.2, -0.15) is 27.5 Å². The Morgan fingerprint density at radius 1 is 1.20 bits per heavy atom. The third-order valence-corrected chi connectivity index (χ3v) is 13.2. The minimum absolute atomic E-state index is 0.0253. The average molecular weight is 888 g/mol. The van der Waals surface area contributed by atoms with Crippen LogP contribution in [0.1, 0.15) is 77.0 Å². The molecule has 1 aliphatic heterocycles. The van der Waals surface area contributed by atoms with Gasteiger partial charge in [0, 0.05) is 30.8 Å². The Morgan fingerprint density at radius 2 is 1.87 bits per heavy atom. The molecule has 60 heavy (non-hydrogen) atoms. The molecule has 6 rings (SSSR count). The molecule has 22 heteroatoms. The lowest BCUT2D eigenvalue weighted by Gasteiger charge is -2.41. The summed E-state index contributed by atoms with van der Waals surface area (Å²) in [6, 6.07) is 2.36. The van der Waals surface area contributed by atoms with Crippen molar-refractivity contribution in [2.75, 3.05) is 18.7 Å². The first-order valence-electron chi connectivity index (χ1n) is 18.8. The molecule has 0 radical (unpaired) electrons. The highest BCUT2D eigenvalue weighted by Crippen LogP contribution is 2.51. The molecule has 3 aliphatic carbocycles. The molecule has 326 valence electrons. The number of guanidine groups is 1. The summed E-state index contributed by atoms with van der Waals surface area (Å²) in [6.45, 7) is 9.68. The second-order valence-electron chi connectivity index (χ2n) is 16.5. The molecule has 1 aromatic heterocycles. The number of hydrogen-bond acceptors (Lipinski definition) is 10. The Bertz CT molecular complexity index is 2300. The number of benzene rings is 1. The van der Waals surface area contributed by atoms with Gasteiger partial charge in [-0.1, -0.05) is 51.4 Å². The van der Waals surface area contributed by atoms with Gasteiger partial charge >= 0.3 is 12.3 Å². The van der Waals surface area contributed by atoms with Crippen LogP contribution in [-0.4, -0.2) is 95.6 Å². The van der Waals surface area contributed by atoms with Crippen molar-refractivity contribution >= 4 is 63.4 Å². The molecule has 4 atom stereocenters. The average Bonchev–Trinajstić information content (AvgIpc) is 4.08. The minimum atomic E-state index is -4.78. The van der Waals surface area contributed by atoms with Crippen LogP contribution in [0.15, 0.2) is 63.7 Å². The van der Waals surface area contributed by atoms with Crippen molar-refractivity contribution in [1.29, 1.82) is 0 Å². The second kappa shape index (κ2) is 15.8. The number of halogens is 7. The number of nitrogens with one attached hydrogen (secondary N) is 1. The monoisotopic (exact) mass is 887 g/mol. The number of aliphatic imine (C=N–C) groups is 2. The molecule has 2 saturated carbocycles. The maximum absolute atomic E-state index is 16.4. The Balaban J connectivity index is 1.40. The van der Waals surface area contributed by atoms with Gasteiger partial charge < -0.3 is 15.8 Å². The van der Waals surface area contributed by atoms with Crippen LogP contribution in [0, 0.1) is 17.3 Å². The number of carbonyl (C=O) groups excluding carboxylic acids is 2. The number of hydrazone groups is 1. The van der Waals surface area contributed by atoms with Crippen LogP contribution in [0.2, 0.25) is 5.02 Å². The van der Waals surface area contributed by atoms with Gasteiger partial charge in [-0.25, -0.2) is 36.4 Å². The lowest BCUT2D eigenvalue weighted by atomic mass is 9.66. The van der Waals surface area contributed by atoms with Crippen molar-refractivity contribution in [3.63, 3.8) is 0 Å². The summed E-state index contributed by atoms with van der Waals surface area (Å²) in [6.07, 6.45) is -3.99. The van der Waals surface area contributed by atoms with Crippen LogP contribution < -0.4 is 16.1 Å². The summed E-state index contributed by atoms with van der Waals surface area (Å²) in [7, 11) is -2.66. The second-order valence-corrected chi connectivity index (χ2v) is 19.0. The zero-order valence-electron chi connectivity index (χ0n) is 33.2. The van der Waals surface area contributed by atoms with E-state index in [-0.39, 0.29) is 46.7 Å². The number of carbonyl (C=O) groups is 2. The van der Waals surface area contributed by atoms with Gasteiger partial charge in [0.2, 0.25) is 0 Å². The molecule has 14 nitrogen and oxygen atoms in total. The van der Waals surface area contributed by atoms with Gasteiger partial charge in [0.25, 0.3) is 22.4 Å². The van der Waals surface area contributed by atoms with Gasteiger partial charge in [-0.05, 0) is 67.2 Å². The van der Waals surface area contributed by atoms with Gasteiger partial charge in [0.1, 0.15) is 18.0 Å². The molecule has 1 aromatic carbocycles. The number of rotatable bonds is 13. The number of ether oxygens (including phenoxy) is 1. The SMILES string of the molecule is C=NN(C(=NC)C(F)F)c1cc([C@@H](COC(=O)NC2(C(F)(F)F)CC2)N2C(=O)[C@@](CC(C)(C)C)(C3C=C(F)C(c4cnn(S(=O)(=O)C5CC5)c4)=CC3C)N=C2N)ccc1Cl. The largest absolute Gasteiger partial charge is 0.447 e. The molecule has 0 spiro atoms. The predicted octanol–water partition coefficient (Wildman–Crippen LogP) is 6.99. The van der Waals surface area contributed by atoms with Gasteiger partial charge in [-0.3, -0.25) is 14.7 Å². The standard InChI is InChI=1S/C38H44ClF6N9O5S/c1-20-13-24(22-16-49-52(17-22)60(57,58)23-8-9-23)27(40)15-25(20)37(19-35(2,3)4)32(55)53(33(46)50-37)29(18-59-34(56)51-36(11-12-36)38(43,44)45)21-7-10-26(39)28(14-21)54(48-6)31(47-5)30(41)42/h7,10,13-17,20,23,25,29-30H,6,8-9,11-12,18-19H2,1-5H3,(H2,46,50)(H,51,56)/t20?,25?,29-,37-/m1/s1. The number of alkyl halides is 5. The molecule has 3 N–H and O–H groups in total. The van der Waals surface area contributed by atoms with Crippen LogP contribution in [0.5, 0.6) is 0 Å². The molecule has 2 fully saturated rings. The fraction of sp³-hybridized carbons (Fsp3) is 0.526. The zero-order valence-corrected chi connectivity index (χ0v) is 34.8. The number of anilines is 1. The third-order valence-electron chi connectivity index (χ3n) is 10.8. The van der Waals surface area contributed by atoms with Crippen LogP contribution in [0.3, 0.4) is 0 Å². The highest BCUT2D eigenvalue weighted by molar-refractivity contribution is 7.90. The van der Waals surface area contributed by atoms with Crippen molar-refractivity contribution < 1.29 is 49.1 Å². The van der Waals surface area contributed by atoms with Gasteiger partial charge in [0.15, 0.2) is 17.3 Å². The van der Waals surface area contributed by atoms with E-state index >= 15 is 9.18 Å². The Kier molecular flexibility index (Phi) is 11.8. The predicted molar refractivity (Wildman–Crippen MR) is 213 cm³/mol. The molecule has 0 saturated heterocycles. The number of amides is 2. The molecule has 4 aliphatic rings. The third kappa shape index (κ3) is 8.38. The zero-order chi connectivity index (χ0) is 44.3.